The molecule has 0 saturated heterocycles. The molecule has 5 aliphatic carbocycles. The van der Waals surface area contributed by atoms with E-state index in [1.165, 1.54) is 12.7 Å². The average molecular weight is 527 g/mol. The van der Waals surface area contributed by atoms with Crippen molar-refractivity contribution >= 4 is 11.8 Å². The van der Waals surface area contributed by atoms with Gasteiger partial charge in [-0.15, -0.1) is 0 Å². The number of methoxy groups -OCH3 is 2. The summed E-state index contributed by atoms with van der Waals surface area (Å²) in [6, 6.07) is 0. The van der Waals surface area contributed by atoms with Crippen LogP contribution >= 0.6 is 0 Å². The number of hydrogen-bond acceptors (Lipinski definition) is 5. The molecule has 212 valence electrons. The summed E-state index contributed by atoms with van der Waals surface area (Å²) in [4.78, 5) is 28.0. The maximum Gasteiger partial charge on any atom is 0.312 e. The summed E-state index contributed by atoms with van der Waals surface area (Å²) >= 11 is 0. The smallest absolute Gasteiger partial charge is 0.312 e. The Labute approximate surface area is 229 Å². The molecule has 0 bridgehead atoms. The van der Waals surface area contributed by atoms with Crippen molar-refractivity contribution in [2.24, 2.45) is 50.2 Å². The average Bonchev–Trinajstić information content (AvgIpc) is 2.87. The van der Waals surface area contributed by atoms with Crippen LogP contribution in [0.4, 0.5) is 0 Å². The van der Waals surface area contributed by atoms with Gasteiger partial charge in [-0.05, 0) is 102 Å². The van der Waals surface area contributed by atoms with Gasteiger partial charge >= 0.3 is 5.97 Å². The fourth-order valence-electron chi connectivity index (χ4n) is 10.8. The summed E-state index contributed by atoms with van der Waals surface area (Å²) in [5.41, 5.74) is 0.525. The van der Waals surface area contributed by atoms with Gasteiger partial charge in [-0.1, -0.05) is 48.1 Å². The van der Waals surface area contributed by atoms with Crippen LogP contribution in [0.15, 0.2) is 23.8 Å². The maximum absolute atomic E-state index is 14.5. The van der Waals surface area contributed by atoms with Crippen LogP contribution < -0.4 is 0 Å². The summed E-state index contributed by atoms with van der Waals surface area (Å²) in [5, 5.41) is 10.6. The highest BCUT2D eigenvalue weighted by atomic mass is 16.5. The first-order chi connectivity index (χ1) is 17.6. The highest BCUT2D eigenvalue weighted by molar-refractivity contribution is 5.96. The summed E-state index contributed by atoms with van der Waals surface area (Å²) in [6.45, 7) is 18.5. The topological polar surface area (TPSA) is 72.8 Å². The molecule has 9 atom stereocenters. The normalized spacial score (nSPS) is 49.7. The van der Waals surface area contributed by atoms with Gasteiger partial charge in [-0.25, -0.2) is 0 Å². The Hall–Kier alpha value is -1.46. The van der Waals surface area contributed by atoms with Gasteiger partial charge in [-0.2, -0.15) is 0 Å². The first kappa shape index (κ1) is 28.1. The molecule has 0 aromatic rings. The van der Waals surface area contributed by atoms with Crippen molar-refractivity contribution in [3.8, 4) is 0 Å². The molecule has 4 saturated carbocycles. The molecule has 0 spiro atoms. The Balaban J connectivity index is 1.69. The highest BCUT2D eigenvalue weighted by Crippen LogP contribution is 2.75. The first-order valence-corrected chi connectivity index (χ1v) is 14.8. The van der Waals surface area contributed by atoms with E-state index in [1.807, 2.05) is 6.08 Å². The third kappa shape index (κ3) is 3.30. The fraction of sp³-hybridized carbons (Fsp3) is 0.818. The van der Waals surface area contributed by atoms with Gasteiger partial charge in [0.2, 0.25) is 0 Å². The minimum absolute atomic E-state index is 0.0194. The number of allylic oxidation sites excluding steroid dienone is 2. The Kier molecular flexibility index (Phi) is 6.30. The predicted octanol–water partition coefficient (Wildman–Crippen LogP) is 6.29. The molecule has 0 heterocycles. The van der Waals surface area contributed by atoms with Gasteiger partial charge in [0.25, 0.3) is 0 Å². The predicted molar refractivity (Wildman–Crippen MR) is 148 cm³/mol. The van der Waals surface area contributed by atoms with Crippen molar-refractivity contribution in [3.05, 3.63) is 23.8 Å². The van der Waals surface area contributed by atoms with E-state index in [9.17, 15) is 14.7 Å². The lowest BCUT2D eigenvalue weighted by Gasteiger charge is -2.70. The van der Waals surface area contributed by atoms with Gasteiger partial charge < -0.3 is 14.6 Å². The number of carbonyl (C=O) groups is 2. The van der Waals surface area contributed by atoms with Crippen molar-refractivity contribution in [3.63, 3.8) is 0 Å². The van der Waals surface area contributed by atoms with Crippen LogP contribution in [0.1, 0.15) is 92.9 Å². The second-order valence-electron chi connectivity index (χ2n) is 15.4. The van der Waals surface area contributed by atoms with Crippen LogP contribution in [0.2, 0.25) is 0 Å². The number of ketones is 1. The van der Waals surface area contributed by atoms with Crippen molar-refractivity contribution in [1.29, 1.82) is 0 Å². The molecule has 5 rings (SSSR count). The van der Waals surface area contributed by atoms with Crippen molar-refractivity contribution < 1.29 is 24.2 Å². The number of ether oxygens (including phenoxy) is 2. The lowest BCUT2D eigenvalue weighted by Crippen LogP contribution is -2.66. The summed E-state index contributed by atoms with van der Waals surface area (Å²) in [7, 11) is 3.24. The van der Waals surface area contributed by atoms with Gasteiger partial charge in [-0.3, -0.25) is 9.59 Å². The molecule has 0 radical (unpaired) electrons. The minimum Gasteiger partial charge on any atom is -0.469 e. The van der Waals surface area contributed by atoms with Crippen LogP contribution in [0, 0.1) is 50.2 Å². The Morgan fingerprint density at radius 1 is 1.03 bits per heavy atom. The van der Waals surface area contributed by atoms with Crippen molar-refractivity contribution in [2.75, 3.05) is 20.8 Å². The van der Waals surface area contributed by atoms with E-state index >= 15 is 0 Å². The van der Waals surface area contributed by atoms with Gasteiger partial charge in [0, 0.05) is 25.0 Å². The molecule has 1 N–H and O–H groups in total. The van der Waals surface area contributed by atoms with Crippen LogP contribution in [0.3, 0.4) is 0 Å². The second-order valence-corrected chi connectivity index (χ2v) is 15.4. The molecule has 5 heteroatoms. The lowest BCUT2D eigenvalue weighted by atomic mass is 9.33. The maximum atomic E-state index is 14.5. The summed E-state index contributed by atoms with van der Waals surface area (Å²) < 4.78 is 11.4. The molecule has 0 amide bonds. The molecular weight excluding hydrogens is 476 g/mol. The summed E-state index contributed by atoms with van der Waals surface area (Å²) in [6.07, 6.45) is 8.78. The van der Waals surface area contributed by atoms with E-state index in [0.717, 1.165) is 56.9 Å². The highest BCUT2D eigenvalue weighted by Gasteiger charge is 2.71. The number of fused-ring (bicyclic) bond motifs is 7. The number of carbonyl (C=O) groups excluding carboxylic acids is 2. The van der Waals surface area contributed by atoms with Gasteiger partial charge in [0.1, 0.15) is 0 Å². The molecule has 38 heavy (non-hydrogen) atoms. The fourth-order valence-corrected chi connectivity index (χ4v) is 10.8. The van der Waals surface area contributed by atoms with E-state index in [-0.39, 0.29) is 63.9 Å². The third-order valence-electron chi connectivity index (χ3n) is 13.3. The SMILES string of the molecule is C=C1[C@@H](OC)C[C@](C)(CO)[C@@H]2CC[C@]3(C)C(=CC(=O)[C@@H]4[C@@H]5CC(C)(C)CC[C@]5(C(=O)OC)CC[C@]43C)[C@@]12C. The Bertz CT molecular complexity index is 1090. The molecule has 0 aliphatic heterocycles. The van der Waals surface area contributed by atoms with E-state index in [4.69, 9.17) is 9.47 Å². The Morgan fingerprint density at radius 2 is 1.68 bits per heavy atom. The number of esters is 1. The van der Waals surface area contributed by atoms with Crippen LogP contribution in [0.5, 0.6) is 0 Å². The van der Waals surface area contributed by atoms with Crippen LogP contribution in [-0.4, -0.2) is 43.8 Å². The number of hydrogen-bond donors (Lipinski definition) is 1. The molecule has 5 aliphatic rings. The lowest BCUT2D eigenvalue weighted by molar-refractivity contribution is -0.193. The van der Waals surface area contributed by atoms with E-state index in [1.54, 1.807) is 7.11 Å². The summed E-state index contributed by atoms with van der Waals surface area (Å²) in [5.74, 6) is 0.0242. The van der Waals surface area contributed by atoms with E-state index in [2.05, 4.69) is 48.1 Å². The monoisotopic (exact) mass is 526 g/mol. The Morgan fingerprint density at radius 3 is 2.29 bits per heavy atom. The standard InChI is InChI=1S/C33H50O5/c1-20-23(37-8)18-29(4,19-34)24-10-11-30(5)25(32(20,24)7)16-22(35)26-21-17-28(2,3)12-14-33(21,27(36)38-9)15-13-31(26,30)6/h16,21,23-24,26,34H,1,10-15,17-19H2,2-9H3/t21-,23-,24-,26-,29+,30+,31+,32-,33-/m0/s1. The molecular formula is C33H50O5. The van der Waals surface area contributed by atoms with Crippen LogP contribution in [0.25, 0.3) is 0 Å². The van der Waals surface area contributed by atoms with Gasteiger partial charge in [0.15, 0.2) is 5.78 Å². The third-order valence-corrected chi connectivity index (χ3v) is 13.3. The largest absolute Gasteiger partial charge is 0.469 e. The zero-order chi connectivity index (χ0) is 28.1. The second kappa shape index (κ2) is 8.52. The van der Waals surface area contributed by atoms with E-state index < -0.39 is 10.8 Å². The number of rotatable bonds is 3. The molecule has 0 aromatic carbocycles. The number of aliphatic hydroxyl groups is 1. The zero-order valence-corrected chi connectivity index (χ0v) is 25.0. The molecule has 0 aromatic heterocycles. The molecule has 5 nitrogen and oxygen atoms in total. The van der Waals surface area contributed by atoms with Crippen molar-refractivity contribution in [1.82, 2.24) is 0 Å². The molecule has 0 unspecified atom stereocenters. The zero-order valence-electron chi connectivity index (χ0n) is 25.0. The van der Waals surface area contributed by atoms with E-state index in [0.29, 0.717) is 0 Å². The minimum atomic E-state index is -0.571. The van der Waals surface area contributed by atoms with Gasteiger partial charge in [0.05, 0.1) is 18.6 Å². The number of aliphatic hydroxyl groups excluding tert-OH is 1. The van der Waals surface area contributed by atoms with Crippen LogP contribution in [-0.2, 0) is 19.1 Å². The molecule has 4 fully saturated rings. The first-order valence-electron chi connectivity index (χ1n) is 14.8. The quantitative estimate of drug-likeness (QED) is 0.345. The van der Waals surface area contributed by atoms with Crippen molar-refractivity contribution in [2.45, 2.75) is 99.0 Å².